The molecule has 1 amide bonds. The molecule has 0 saturated carbocycles. The lowest BCUT2D eigenvalue weighted by molar-refractivity contribution is -0.114. The minimum Gasteiger partial charge on any atom is -0.492 e. The van der Waals surface area contributed by atoms with Crippen LogP contribution in [0.5, 0.6) is 5.75 Å². The topological polar surface area (TPSA) is 95.0 Å². The Hall–Kier alpha value is -2.58. The minimum absolute atomic E-state index is 0.122. The van der Waals surface area contributed by atoms with Crippen LogP contribution in [-0.2, 0) is 10.4 Å². The Morgan fingerprint density at radius 1 is 1.29 bits per heavy atom. The van der Waals surface area contributed by atoms with Crippen LogP contribution in [-0.4, -0.2) is 43.2 Å². The Morgan fingerprint density at radius 3 is 2.79 bits per heavy atom. The molecule has 1 unspecified atom stereocenters. The molecule has 0 spiro atoms. The van der Waals surface area contributed by atoms with Crippen molar-refractivity contribution in [3.05, 3.63) is 46.7 Å². The summed E-state index contributed by atoms with van der Waals surface area (Å²) in [6.07, 6.45) is 0. The number of aliphatic imine (C=N–C) groups is 1. The summed E-state index contributed by atoms with van der Waals surface area (Å²) in [5.41, 5.74) is -0.305. The lowest BCUT2D eigenvalue weighted by Gasteiger charge is -2.20. The third-order valence-electron chi connectivity index (χ3n) is 3.76. The third kappa shape index (κ3) is 7.21. The van der Waals surface area contributed by atoms with E-state index in [-0.39, 0.29) is 12.5 Å². The summed E-state index contributed by atoms with van der Waals surface area (Å²) in [6, 6.07) is 11.1. The minimum atomic E-state index is -1.00. The summed E-state index contributed by atoms with van der Waals surface area (Å²) in [5, 5.41) is 21.6. The largest absolute Gasteiger partial charge is 0.492 e. The van der Waals surface area contributed by atoms with Crippen molar-refractivity contribution in [3.8, 4) is 5.75 Å². The number of nitrogens with zero attached hydrogens (tertiary/aromatic N) is 1. The van der Waals surface area contributed by atoms with Crippen molar-refractivity contribution < 1.29 is 14.6 Å². The first kappa shape index (κ1) is 21.7. The molecule has 0 fully saturated rings. The molecule has 1 aromatic heterocycles. The highest BCUT2D eigenvalue weighted by atomic mass is 32.1. The zero-order valence-electron chi connectivity index (χ0n) is 16.5. The van der Waals surface area contributed by atoms with E-state index in [9.17, 15) is 9.90 Å². The summed E-state index contributed by atoms with van der Waals surface area (Å²) in [4.78, 5) is 16.5. The molecular formula is C20H28N4O3S. The van der Waals surface area contributed by atoms with E-state index >= 15 is 0 Å². The van der Waals surface area contributed by atoms with Crippen LogP contribution in [0.4, 0.5) is 5.69 Å². The van der Waals surface area contributed by atoms with Gasteiger partial charge in [0.2, 0.25) is 5.91 Å². The maximum absolute atomic E-state index is 11.1. The first-order chi connectivity index (χ1) is 13.4. The third-order valence-corrected chi connectivity index (χ3v) is 4.88. The van der Waals surface area contributed by atoms with Crippen LogP contribution in [0.2, 0.25) is 0 Å². The number of carbonyl (C=O) groups is 1. The number of amides is 1. The highest BCUT2D eigenvalue weighted by Gasteiger charge is 2.23. The van der Waals surface area contributed by atoms with Gasteiger partial charge in [0.1, 0.15) is 18.0 Å². The fourth-order valence-corrected chi connectivity index (χ4v) is 3.22. The standard InChI is InChI=1S/C20H28N4O3S/c1-4-21-19(23-14-20(3,26)18-9-6-12-28-18)22-10-11-27-17-8-5-7-16(13-17)24-15(2)25/h5-9,12-13,26H,4,10-11,14H2,1-3H3,(H,24,25)(H2,21,22,23). The van der Waals surface area contributed by atoms with Crippen LogP contribution in [0.15, 0.2) is 46.8 Å². The maximum atomic E-state index is 11.1. The van der Waals surface area contributed by atoms with Gasteiger partial charge in [0.05, 0.1) is 13.1 Å². The molecule has 2 rings (SSSR count). The zero-order valence-corrected chi connectivity index (χ0v) is 17.3. The molecule has 0 aliphatic carbocycles. The molecule has 1 heterocycles. The second-order valence-electron chi connectivity index (χ2n) is 6.43. The van der Waals surface area contributed by atoms with Crippen LogP contribution >= 0.6 is 11.3 Å². The number of guanidine groups is 1. The van der Waals surface area contributed by atoms with Gasteiger partial charge >= 0.3 is 0 Å². The van der Waals surface area contributed by atoms with Gasteiger partial charge in [0, 0.05) is 30.1 Å². The first-order valence-electron chi connectivity index (χ1n) is 9.19. The summed E-state index contributed by atoms with van der Waals surface area (Å²) >= 11 is 1.51. The Labute approximate surface area is 169 Å². The number of benzene rings is 1. The number of aliphatic hydroxyl groups is 1. The predicted octanol–water partition coefficient (Wildman–Crippen LogP) is 2.55. The Balaban J connectivity index is 1.84. The SMILES string of the molecule is CCNC(=NCC(C)(O)c1cccs1)NCCOc1cccc(NC(C)=O)c1. The molecule has 4 N–H and O–H groups in total. The van der Waals surface area contributed by atoms with Gasteiger partial charge in [-0.3, -0.25) is 4.79 Å². The summed E-state index contributed by atoms with van der Waals surface area (Å²) in [6.45, 7) is 7.15. The number of thiophene rings is 1. The van der Waals surface area contributed by atoms with E-state index in [1.165, 1.54) is 18.3 Å². The van der Waals surface area contributed by atoms with Crippen LogP contribution in [0.25, 0.3) is 0 Å². The van der Waals surface area contributed by atoms with Gasteiger partial charge in [0.15, 0.2) is 5.96 Å². The van der Waals surface area contributed by atoms with Crippen molar-refractivity contribution in [3.63, 3.8) is 0 Å². The van der Waals surface area contributed by atoms with E-state index < -0.39 is 5.60 Å². The Bertz CT molecular complexity index is 776. The number of ether oxygens (including phenoxy) is 1. The molecule has 0 aliphatic heterocycles. The van der Waals surface area contributed by atoms with Gasteiger partial charge in [-0.2, -0.15) is 0 Å². The number of carbonyl (C=O) groups excluding carboxylic acids is 1. The van der Waals surface area contributed by atoms with Crippen molar-refractivity contribution in [1.29, 1.82) is 0 Å². The monoisotopic (exact) mass is 404 g/mol. The van der Waals surface area contributed by atoms with Crippen LogP contribution in [0, 0.1) is 0 Å². The second kappa shape index (κ2) is 10.7. The van der Waals surface area contributed by atoms with Crippen LogP contribution in [0.1, 0.15) is 25.6 Å². The highest BCUT2D eigenvalue weighted by Crippen LogP contribution is 2.25. The molecule has 0 aliphatic rings. The van der Waals surface area contributed by atoms with E-state index in [4.69, 9.17) is 4.74 Å². The quantitative estimate of drug-likeness (QED) is 0.293. The average Bonchev–Trinajstić information content (AvgIpc) is 3.19. The van der Waals surface area contributed by atoms with Gasteiger partial charge in [-0.15, -0.1) is 11.3 Å². The molecule has 2 aromatic rings. The number of nitrogens with one attached hydrogen (secondary N) is 3. The van der Waals surface area contributed by atoms with Gasteiger partial charge < -0.3 is 25.8 Å². The molecular weight excluding hydrogens is 376 g/mol. The Kier molecular flexibility index (Phi) is 8.28. The van der Waals surface area contributed by atoms with Gasteiger partial charge in [-0.1, -0.05) is 12.1 Å². The van der Waals surface area contributed by atoms with E-state index in [1.807, 2.05) is 42.6 Å². The van der Waals surface area contributed by atoms with Crippen molar-refractivity contribution in [2.45, 2.75) is 26.4 Å². The first-order valence-corrected chi connectivity index (χ1v) is 10.1. The van der Waals surface area contributed by atoms with E-state index in [1.54, 1.807) is 13.0 Å². The highest BCUT2D eigenvalue weighted by molar-refractivity contribution is 7.10. The van der Waals surface area contributed by atoms with E-state index in [0.29, 0.717) is 37.1 Å². The summed E-state index contributed by atoms with van der Waals surface area (Å²) in [7, 11) is 0. The molecule has 7 nitrogen and oxygen atoms in total. The number of anilines is 1. The van der Waals surface area contributed by atoms with Gasteiger partial charge in [-0.25, -0.2) is 4.99 Å². The number of hydrogen-bond donors (Lipinski definition) is 4. The summed E-state index contributed by atoms with van der Waals surface area (Å²) in [5.74, 6) is 1.18. The van der Waals surface area contributed by atoms with Gasteiger partial charge in [0.25, 0.3) is 0 Å². The maximum Gasteiger partial charge on any atom is 0.221 e. The molecule has 8 heteroatoms. The second-order valence-corrected chi connectivity index (χ2v) is 7.38. The van der Waals surface area contributed by atoms with Crippen molar-refractivity contribution in [2.75, 3.05) is 31.6 Å². The molecule has 1 aromatic carbocycles. The predicted molar refractivity (Wildman–Crippen MR) is 114 cm³/mol. The normalized spacial score (nSPS) is 13.5. The van der Waals surface area contributed by atoms with Crippen molar-refractivity contribution in [2.24, 2.45) is 4.99 Å². The number of hydrogen-bond acceptors (Lipinski definition) is 5. The average molecular weight is 405 g/mol. The molecule has 0 saturated heterocycles. The van der Waals surface area contributed by atoms with Crippen molar-refractivity contribution >= 4 is 28.9 Å². The molecule has 28 heavy (non-hydrogen) atoms. The molecule has 0 radical (unpaired) electrons. The lowest BCUT2D eigenvalue weighted by atomic mass is 10.1. The molecule has 152 valence electrons. The van der Waals surface area contributed by atoms with Crippen molar-refractivity contribution in [1.82, 2.24) is 10.6 Å². The fraction of sp³-hybridized carbons (Fsp3) is 0.400. The summed E-state index contributed by atoms with van der Waals surface area (Å²) < 4.78 is 5.72. The molecule has 1 atom stereocenters. The zero-order chi connectivity index (χ0) is 20.4. The number of rotatable bonds is 9. The molecule has 0 bridgehead atoms. The van der Waals surface area contributed by atoms with E-state index in [0.717, 1.165) is 4.88 Å². The lowest BCUT2D eigenvalue weighted by Crippen LogP contribution is -2.40. The van der Waals surface area contributed by atoms with E-state index in [2.05, 4.69) is 20.9 Å². The van der Waals surface area contributed by atoms with Crippen LogP contribution < -0.4 is 20.7 Å². The smallest absolute Gasteiger partial charge is 0.221 e. The van der Waals surface area contributed by atoms with Gasteiger partial charge in [-0.05, 0) is 37.4 Å². The Morgan fingerprint density at radius 2 is 2.11 bits per heavy atom. The fourth-order valence-electron chi connectivity index (χ4n) is 2.44. The van der Waals surface area contributed by atoms with Crippen LogP contribution in [0.3, 0.4) is 0 Å².